The molecule has 0 radical (unpaired) electrons. The summed E-state index contributed by atoms with van der Waals surface area (Å²) in [6.07, 6.45) is 2.70. The highest BCUT2D eigenvalue weighted by atomic mass is 35.5. The van der Waals surface area contributed by atoms with E-state index in [1.165, 1.54) is 11.3 Å². The first-order chi connectivity index (χ1) is 11.4. The minimum atomic E-state index is -0.525. The Kier molecular flexibility index (Phi) is 4.85. The smallest absolute Gasteiger partial charge is 0.259 e. The van der Waals surface area contributed by atoms with Crippen LogP contribution in [0.4, 0.5) is 5.00 Å². The molecular formula is C17H16Cl2N2O2S. The molecule has 1 unspecified atom stereocenters. The number of carbonyl (C=O) groups is 2. The molecule has 0 spiro atoms. The normalized spacial score (nSPS) is 16.5. The Labute approximate surface area is 153 Å². The monoisotopic (exact) mass is 382 g/mol. The van der Waals surface area contributed by atoms with Gasteiger partial charge < -0.3 is 11.1 Å². The zero-order valence-electron chi connectivity index (χ0n) is 13.0. The first-order valence-corrected chi connectivity index (χ1v) is 9.15. The molecule has 1 aliphatic rings. The molecule has 0 fully saturated rings. The lowest BCUT2D eigenvalue weighted by Gasteiger charge is -2.18. The van der Waals surface area contributed by atoms with Crippen LogP contribution in [0, 0.1) is 5.92 Å². The Bertz CT molecular complexity index is 812. The van der Waals surface area contributed by atoms with Gasteiger partial charge in [-0.15, -0.1) is 11.3 Å². The van der Waals surface area contributed by atoms with E-state index in [0.717, 1.165) is 29.7 Å². The van der Waals surface area contributed by atoms with E-state index in [1.54, 1.807) is 18.2 Å². The topological polar surface area (TPSA) is 72.2 Å². The molecule has 1 aliphatic carbocycles. The largest absolute Gasteiger partial charge is 0.365 e. The highest BCUT2D eigenvalue weighted by Crippen LogP contribution is 2.40. The van der Waals surface area contributed by atoms with E-state index in [0.29, 0.717) is 16.5 Å². The van der Waals surface area contributed by atoms with Gasteiger partial charge in [-0.2, -0.15) is 0 Å². The minimum Gasteiger partial charge on any atom is -0.365 e. The summed E-state index contributed by atoms with van der Waals surface area (Å²) in [5.74, 6) is -0.416. The summed E-state index contributed by atoms with van der Waals surface area (Å²) < 4.78 is 0. The van der Waals surface area contributed by atoms with Crippen LogP contribution in [-0.2, 0) is 12.8 Å². The maximum Gasteiger partial charge on any atom is 0.259 e. The van der Waals surface area contributed by atoms with Crippen LogP contribution in [0.3, 0.4) is 0 Å². The number of hydrogen-bond acceptors (Lipinski definition) is 3. The van der Waals surface area contributed by atoms with Crippen LogP contribution in [0.5, 0.6) is 0 Å². The summed E-state index contributed by atoms with van der Waals surface area (Å²) in [6, 6.07) is 4.86. The third-order valence-corrected chi connectivity index (χ3v) is 5.97. The number of thiophene rings is 1. The molecule has 0 saturated carbocycles. The van der Waals surface area contributed by atoms with E-state index < -0.39 is 11.8 Å². The highest BCUT2D eigenvalue weighted by molar-refractivity contribution is 7.17. The van der Waals surface area contributed by atoms with Crippen molar-refractivity contribution in [3.8, 4) is 0 Å². The number of amides is 2. The molecule has 2 amide bonds. The number of carbonyl (C=O) groups excluding carboxylic acids is 2. The standard InChI is InChI=1S/C17H16Cl2N2O2S/c1-8-5-6-9-12(7-8)24-17(13(9)15(20)22)21-16(23)14-10(18)3-2-4-11(14)19/h2-4,8H,5-7H2,1H3,(H2,20,22)(H,21,23). The molecule has 3 rings (SSSR count). The fourth-order valence-electron chi connectivity index (χ4n) is 2.98. The second kappa shape index (κ2) is 6.75. The van der Waals surface area contributed by atoms with Gasteiger partial charge in [0.25, 0.3) is 11.8 Å². The van der Waals surface area contributed by atoms with Gasteiger partial charge in [0.15, 0.2) is 0 Å². The van der Waals surface area contributed by atoms with Crippen molar-refractivity contribution in [3.63, 3.8) is 0 Å². The van der Waals surface area contributed by atoms with E-state index in [9.17, 15) is 9.59 Å². The van der Waals surface area contributed by atoms with Crippen LogP contribution in [0.1, 0.15) is 44.5 Å². The fourth-order valence-corrected chi connectivity index (χ4v) is 4.96. The van der Waals surface area contributed by atoms with Crippen LogP contribution < -0.4 is 11.1 Å². The Morgan fingerprint density at radius 2 is 1.92 bits per heavy atom. The van der Waals surface area contributed by atoms with Gasteiger partial charge in [0.2, 0.25) is 0 Å². The fraction of sp³-hybridized carbons (Fsp3) is 0.294. The zero-order valence-corrected chi connectivity index (χ0v) is 15.3. The first kappa shape index (κ1) is 17.3. The molecule has 0 bridgehead atoms. The van der Waals surface area contributed by atoms with Gasteiger partial charge in [-0.1, -0.05) is 36.2 Å². The molecule has 1 heterocycles. The summed E-state index contributed by atoms with van der Waals surface area (Å²) in [6.45, 7) is 2.17. The van der Waals surface area contributed by atoms with Gasteiger partial charge >= 0.3 is 0 Å². The summed E-state index contributed by atoms with van der Waals surface area (Å²) in [4.78, 5) is 25.6. The van der Waals surface area contributed by atoms with Crippen LogP contribution in [0.2, 0.25) is 10.0 Å². The van der Waals surface area contributed by atoms with Crippen molar-refractivity contribution in [2.45, 2.75) is 26.2 Å². The Balaban J connectivity index is 1.98. The molecule has 126 valence electrons. The van der Waals surface area contributed by atoms with Gasteiger partial charge in [0.1, 0.15) is 5.00 Å². The van der Waals surface area contributed by atoms with Gasteiger partial charge in [-0.25, -0.2) is 0 Å². The Hall–Kier alpha value is -1.56. The predicted octanol–water partition coefficient (Wildman–Crippen LogP) is 4.53. The number of anilines is 1. The Morgan fingerprint density at radius 3 is 2.54 bits per heavy atom. The molecule has 1 aromatic carbocycles. The molecule has 1 aromatic heterocycles. The summed E-state index contributed by atoms with van der Waals surface area (Å²) in [7, 11) is 0. The van der Waals surface area contributed by atoms with Crippen LogP contribution in [0.25, 0.3) is 0 Å². The molecular weight excluding hydrogens is 367 g/mol. The van der Waals surface area contributed by atoms with Crippen molar-refractivity contribution in [3.05, 3.63) is 49.8 Å². The summed E-state index contributed by atoms with van der Waals surface area (Å²) >= 11 is 13.6. The van der Waals surface area contributed by atoms with E-state index in [-0.39, 0.29) is 15.6 Å². The van der Waals surface area contributed by atoms with Gasteiger partial charge in [-0.3, -0.25) is 9.59 Å². The summed E-state index contributed by atoms with van der Waals surface area (Å²) in [5, 5.41) is 3.77. The van der Waals surface area contributed by atoms with Crippen LogP contribution >= 0.6 is 34.5 Å². The lowest BCUT2D eigenvalue weighted by Crippen LogP contribution is -2.19. The first-order valence-electron chi connectivity index (χ1n) is 7.58. The minimum absolute atomic E-state index is 0.191. The lowest BCUT2D eigenvalue weighted by molar-refractivity contribution is 0.1000. The SMILES string of the molecule is CC1CCc2c(sc(NC(=O)c3c(Cl)cccc3Cl)c2C(N)=O)C1. The molecule has 2 aromatic rings. The predicted molar refractivity (Wildman–Crippen MR) is 98.4 cm³/mol. The molecule has 3 N–H and O–H groups in total. The average Bonchev–Trinajstić information content (AvgIpc) is 2.83. The number of hydrogen-bond donors (Lipinski definition) is 2. The van der Waals surface area contributed by atoms with Crippen molar-refractivity contribution in [1.29, 1.82) is 0 Å². The molecule has 1 atom stereocenters. The highest BCUT2D eigenvalue weighted by Gasteiger charge is 2.28. The van der Waals surface area contributed by atoms with E-state index in [1.807, 2.05) is 0 Å². The Morgan fingerprint density at radius 1 is 1.25 bits per heavy atom. The van der Waals surface area contributed by atoms with Crippen molar-refractivity contribution < 1.29 is 9.59 Å². The van der Waals surface area contributed by atoms with E-state index in [2.05, 4.69) is 12.2 Å². The zero-order chi connectivity index (χ0) is 17.4. The van der Waals surface area contributed by atoms with Crippen LogP contribution in [-0.4, -0.2) is 11.8 Å². The number of nitrogens with two attached hydrogens (primary N) is 1. The number of rotatable bonds is 3. The lowest BCUT2D eigenvalue weighted by atomic mass is 9.88. The maximum atomic E-state index is 12.6. The van der Waals surface area contributed by atoms with E-state index in [4.69, 9.17) is 28.9 Å². The molecule has 0 saturated heterocycles. The van der Waals surface area contributed by atoms with Gasteiger partial charge in [0, 0.05) is 4.88 Å². The van der Waals surface area contributed by atoms with Crippen molar-refractivity contribution in [1.82, 2.24) is 0 Å². The third-order valence-electron chi connectivity index (χ3n) is 4.17. The second-order valence-electron chi connectivity index (χ2n) is 5.97. The van der Waals surface area contributed by atoms with Gasteiger partial charge in [0.05, 0.1) is 21.2 Å². The number of benzene rings is 1. The summed E-state index contributed by atoms with van der Waals surface area (Å²) in [5.41, 5.74) is 7.13. The average molecular weight is 383 g/mol. The maximum absolute atomic E-state index is 12.6. The van der Waals surface area contributed by atoms with Gasteiger partial charge in [-0.05, 0) is 42.9 Å². The van der Waals surface area contributed by atoms with Crippen molar-refractivity contribution in [2.24, 2.45) is 11.7 Å². The van der Waals surface area contributed by atoms with Crippen LogP contribution in [0.15, 0.2) is 18.2 Å². The number of halogens is 2. The molecule has 4 nitrogen and oxygen atoms in total. The quantitative estimate of drug-likeness (QED) is 0.817. The van der Waals surface area contributed by atoms with Crippen molar-refractivity contribution in [2.75, 3.05) is 5.32 Å². The molecule has 7 heteroatoms. The van der Waals surface area contributed by atoms with E-state index >= 15 is 0 Å². The number of nitrogens with one attached hydrogen (secondary N) is 1. The number of primary amides is 1. The molecule has 24 heavy (non-hydrogen) atoms. The van der Waals surface area contributed by atoms with Crippen molar-refractivity contribution >= 4 is 51.4 Å². The second-order valence-corrected chi connectivity index (χ2v) is 7.89. The number of fused-ring (bicyclic) bond motifs is 1. The molecule has 0 aliphatic heterocycles. The third kappa shape index (κ3) is 3.16.